The Morgan fingerprint density at radius 2 is 2.15 bits per heavy atom. The van der Waals surface area contributed by atoms with Crippen LogP contribution in [-0.2, 0) is 9.53 Å². The summed E-state index contributed by atoms with van der Waals surface area (Å²) in [7, 11) is 0. The van der Waals surface area contributed by atoms with Gasteiger partial charge in [-0.05, 0) is 13.8 Å². The highest BCUT2D eigenvalue weighted by atomic mass is 79.9. The lowest BCUT2D eigenvalue weighted by Crippen LogP contribution is -2.28. The third-order valence-corrected chi connectivity index (χ3v) is 1.70. The average Bonchev–Trinajstić information content (AvgIpc) is 2.02. The first-order valence-electron chi connectivity index (χ1n) is 4.03. The molecule has 0 radical (unpaired) electrons. The fraction of sp³-hybridized carbons (Fsp3) is 0.875. The van der Waals surface area contributed by atoms with E-state index in [1.165, 1.54) is 0 Å². The second-order valence-electron chi connectivity index (χ2n) is 3.23. The van der Waals surface area contributed by atoms with E-state index in [0.717, 1.165) is 0 Å². The van der Waals surface area contributed by atoms with E-state index in [4.69, 9.17) is 14.9 Å². The smallest absolute Gasteiger partial charge is 0.322 e. The molecule has 1 atom stereocenters. The molecule has 0 aromatic carbocycles. The van der Waals surface area contributed by atoms with Crippen molar-refractivity contribution >= 4 is 21.9 Å². The van der Waals surface area contributed by atoms with Crippen LogP contribution < -0.4 is 0 Å². The van der Waals surface area contributed by atoms with Crippen LogP contribution in [0.4, 0.5) is 0 Å². The summed E-state index contributed by atoms with van der Waals surface area (Å²) in [5, 5.41) is 17.4. The number of esters is 1. The van der Waals surface area contributed by atoms with Crippen molar-refractivity contribution in [2.45, 2.75) is 30.7 Å². The lowest BCUT2D eigenvalue weighted by molar-refractivity contribution is -0.146. The number of halogens is 1. The van der Waals surface area contributed by atoms with Crippen molar-refractivity contribution in [3.63, 3.8) is 0 Å². The van der Waals surface area contributed by atoms with Gasteiger partial charge in [0.15, 0.2) is 0 Å². The summed E-state index contributed by atoms with van der Waals surface area (Å²) in [5.41, 5.74) is 0. The number of aliphatic hydroxyl groups excluding tert-OH is 2. The van der Waals surface area contributed by atoms with E-state index in [0.29, 0.717) is 0 Å². The summed E-state index contributed by atoms with van der Waals surface area (Å²) in [6.07, 6.45) is -0.558. The van der Waals surface area contributed by atoms with E-state index >= 15 is 0 Å². The molecule has 0 saturated heterocycles. The molecule has 0 aliphatic rings. The van der Waals surface area contributed by atoms with Gasteiger partial charge in [0, 0.05) is 6.42 Å². The summed E-state index contributed by atoms with van der Waals surface area (Å²) in [6.45, 7) is 3.17. The molecule has 0 bridgehead atoms. The number of rotatable bonds is 5. The monoisotopic (exact) mass is 254 g/mol. The molecule has 2 N–H and O–H groups in total. The highest BCUT2D eigenvalue weighted by Gasteiger charge is 2.25. The van der Waals surface area contributed by atoms with Crippen LogP contribution in [0.3, 0.4) is 0 Å². The maximum atomic E-state index is 11.1. The number of aliphatic hydroxyl groups is 2. The second kappa shape index (κ2) is 5.57. The average molecular weight is 255 g/mol. The molecule has 78 valence electrons. The van der Waals surface area contributed by atoms with Crippen LogP contribution in [0.1, 0.15) is 20.3 Å². The minimum atomic E-state index is -0.814. The lowest BCUT2D eigenvalue weighted by atomic mass is 10.2. The van der Waals surface area contributed by atoms with Gasteiger partial charge in [-0.3, -0.25) is 4.79 Å². The molecule has 0 amide bonds. The fourth-order valence-electron chi connectivity index (χ4n) is 0.551. The second-order valence-corrected chi connectivity index (χ2v) is 5.22. The molecule has 0 heterocycles. The lowest BCUT2D eigenvalue weighted by Gasteiger charge is -2.15. The highest BCUT2D eigenvalue weighted by molar-refractivity contribution is 9.10. The minimum absolute atomic E-state index is 0.121. The van der Waals surface area contributed by atoms with E-state index in [1.54, 1.807) is 13.8 Å². The van der Waals surface area contributed by atoms with Gasteiger partial charge in [-0.25, -0.2) is 0 Å². The van der Waals surface area contributed by atoms with Gasteiger partial charge in [-0.1, -0.05) is 15.9 Å². The zero-order valence-corrected chi connectivity index (χ0v) is 9.37. The number of carbonyl (C=O) groups is 1. The molecule has 1 unspecified atom stereocenters. The molecular weight excluding hydrogens is 240 g/mol. The molecule has 5 heteroatoms. The molecule has 4 nitrogen and oxygen atoms in total. The first kappa shape index (κ1) is 12.9. The van der Waals surface area contributed by atoms with Crippen LogP contribution in [0.15, 0.2) is 0 Å². The first-order valence-corrected chi connectivity index (χ1v) is 4.82. The summed E-state index contributed by atoms with van der Waals surface area (Å²) in [6, 6.07) is 0. The Kier molecular flexibility index (Phi) is 5.51. The van der Waals surface area contributed by atoms with Gasteiger partial charge in [0.1, 0.15) is 4.32 Å². The predicted molar refractivity (Wildman–Crippen MR) is 51.7 cm³/mol. The molecule has 0 aliphatic carbocycles. The van der Waals surface area contributed by atoms with Gasteiger partial charge in [-0.15, -0.1) is 0 Å². The van der Waals surface area contributed by atoms with Crippen molar-refractivity contribution in [3.05, 3.63) is 0 Å². The van der Waals surface area contributed by atoms with Crippen LogP contribution in [0.5, 0.6) is 0 Å². The molecule has 0 spiro atoms. The van der Waals surface area contributed by atoms with Gasteiger partial charge in [-0.2, -0.15) is 0 Å². The van der Waals surface area contributed by atoms with Crippen LogP contribution in [0, 0.1) is 0 Å². The molecule has 0 rings (SSSR count). The summed E-state index contributed by atoms with van der Waals surface area (Å²) >= 11 is 3.14. The van der Waals surface area contributed by atoms with E-state index in [1.807, 2.05) is 0 Å². The van der Waals surface area contributed by atoms with Crippen molar-refractivity contribution < 1.29 is 19.7 Å². The van der Waals surface area contributed by atoms with Crippen molar-refractivity contribution in [2.75, 3.05) is 13.2 Å². The quantitative estimate of drug-likeness (QED) is 0.552. The minimum Gasteiger partial charge on any atom is -0.465 e. The predicted octanol–water partition coefficient (Wildman–Crippen LogP) is 0.446. The van der Waals surface area contributed by atoms with Crippen molar-refractivity contribution in [1.29, 1.82) is 0 Å². The first-order chi connectivity index (χ1) is 5.88. The summed E-state index contributed by atoms with van der Waals surface area (Å²) in [5.74, 6) is -0.377. The van der Waals surface area contributed by atoms with Gasteiger partial charge in [0.25, 0.3) is 0 Å². The normalized spacial score (nSPS) is 13.9. The van der Waals surface area contributed by atoms with Gasteiger partial charge >= 0.3 is 5.97 Å². The number of hydrogen-bond acceptors (Lipinski definition) is 4. The van der Waals surface area contributed by atoms with Crippen molar-refractivity contribution in [2.24, 2.45) is 0 Å². The molecular formula is C8H15BrO4. The number of hydrogen-bond donors (Lipinski definition) is 2. The molecule has 0 aromatic heterocycles. The third kappa shape index (κ3) is 6.01. The summed E-state index contributed by atoms with van der Waals surface area (Å²) in [4.78, 5) is 11.1. The van der Waals surface area contributed by atoms with E-state index in [9.17, 15) is 4.79 Å². The molecule has 0 aromatic rings. The Morgan fingerprint density at radius 3 is 2.54 bits per heavy atom. The van der Waals surface area contributed by atoms with E-state index in [-0.39, 0.29) is 25.6 Å². The summed E-state index contributed by atoms with van der Waals surface area (Å²) < 4.78 is 4.12. The number of ether oxygens (including phenoxy) is 1. The highest BCUT2D eigenvalue weighted by Crippen LogP contribution is 2.17. The molecule has 0 aliphatic heterocycles. The maximum absolute atomic E-state index is 11.1. The van der Waals surface area contributed by atoms with Gasteiger partial charge in [0.05, 0.1) is 19.3 Å². The third-order valence-electron chi connectivity index (χ3n) is 1.38. The molecule has 0 saturated carbocycles. The van der Waals surface area contributed by atoms with Crippen LogP contribution >= 0.6 is 15.9 Å². The molecule has 13 heavy (non-hydrogen) atoms. The maximum Gasteiger partial charge on any atom is 0.322 e. The molecule has 0 fully saturated rings. The number of carbonyl (C=O) groups excluding carboxylic acids is 1. The SMILES string of the molecule is CC(C)(Br)C(=O)OCCC(O)CO. The van der Waals surface area contributed by atoms with E-state index < -0.39 is 10.4 Å². The zero-order valence-electron chi connectivity index (χ0n) is 7.79. The van der Waals surface area contributed by atoms with Crippen LogP contribution in [0.25, 0.3) is 0 Å². The van der Waals surface area contributed by atoms with Gasteiger partial charge in [0.2, 0.25) is 0 Å². The fourth-order valence-corrected chi connectivity index (χ4v) is 0.665. The largest absolute Gasteiger partial charge is 0.465 e. The standard InChI is InChI=1S/C8H15BrO4/c1-8(2,9)7(12)13-4-3-6(11)5-10/h6,10-11H,3-5H2,1-2H3. The Balaban J connectivity index is 3.60. The van der Waals surface area contributed by atoms with Crippen LogP contribution in [0.2, 0.25) is 0 Å². The van der Waals surface area contributed by atoms with Crippen LogP contribution in [-0.4, -0.2) is 39.8 Å². The Bertz CT molecular complexity index is 164. The zero-order chi connectivity index (χ0) is 10.5. The Hall–Kier alpha value is -0.130. The topological polar surface area (TPSA) is 66.8 Å². The van der Waals surface area contributed by atoms with Crippen molar-refractivity contribution in [3.8, 4) is 0 Å². The number of alkyl halides is 1. The Labute approximate surface area is 86.0 Å². The van der Waals surface area contributed by atoms with Gasteiger partial charge < -0.3 is 14.9 Å². The Morgan fingerprint density at radius 1 is 1.62 bits per heavy atom. The van der Waals surface area contributed by atoms with E-state index in [2.05, 4.69) is 15.9 Å². The van der Waals surface area contributed by atoms with Crippen molar-refractivity contribution in [1.82, 2.24) is 0 Å².